The zero-order valence-corrected chi connectivity index (χ0v) is 14.7. The molecule has 0 aliphatic heterocycles. The van der Waals surface area contributed by atoms with Gasteiger partial charge >= 0.3 is 0 Å². The number of benzene rings is 4. The molecule has 0 unspecified atom stereocenters. The fraction of sp³-hybridized carbons (Fsp3) is 0.130. The third kappa shape index (κ3) is 2.51. The Hall–Kier alpha value is -3.00. The van der Waals surface area contributed by atoms with Crippen LogP contribution in [0.4, 0.5) is 0 Å². The predicted molar refractivity (Wildman–Crippen MR) is 105 cm³/mol. The molecule has 0 spiro atoms. The monoisotopic (exact) mass is 328 g/mol. The summed E-state index contributed by atoms with van der Waals surface area (Å²) in [4.78, 5) is 0. The molecular formula is C23H20O2. The van der Waals surface area contributed by atoms with E-state index in [9.17, 15) is 0 Å². The van der Waals surface area contributed by atoms with Gasteiger partial charge in [-0.3, -0.25) is 0 Å². The van der Waals surface area contributed by atoms with Crippen LogP contribution >= 0.6 is 0 Å². The van der Waals surface area contributed by atoms with Gasteiger partial charge in [-0.2, -0.15) is 0 Å². The van der Waals surface area contributed by atoms with E-state index in [1.165, 1.54) is 16.2 Å². The van der Waals surface area contributed by atoms with Gasteiger partial charge in [0.1, 0.15) is 11.5 Å². The molecule has 0 N–H and O–H groups in total. The molecule has 0 saturated heterocycles. The van der Waals surface area contributed by atoms with E-state index in [1.807, 2.05) is 0 Å². The maximum atomic E-state index is 5.82. The van der Waals surface area contributed by atoms with E-state index < -0.39 is 0 Å². The quantitative estimate of drug-likeness (QED) is 0.460. The van der Waals surface area contributed by atoms with Crippen molar-refractivity contribution in [2.45, 2.75) is 6.92 Å². The van der Waals surface area contributed by atoms with Gasteiger partial charge in [0.2, 0.25) is 0 Å². The Kier molecular flexibility index (Phi) is 3.81. The van der Waals surface area contributed by atoms with Gasteiger partial charge in [0.25, 0.3) is 0 Å². The van der Waals surface area contributed by atoms with Crippen molar-refractivity contribution in [2.24, 2.45) is 0 Å². The zero-order valence-electron chi connectivity index (χ0n) is 14.7. The molecular weight excluding hydrogens is 308 g/mol. The van der Waals surface area contributed by atoms with Gasteiger partial charge in [-0.05, 0) is 57.8 Å². The summed E-state index contributed by atoms with van der Waals surface area (Å²) in [6.07, 6.45) is 0. The van der Waals surface area contributed by atoms with Crippen LogP contribution in [0.3, 0.4) is 0 Å². The van der Waals surface area contributed by atoms with Gasteiger partial charge in [-0.1, -0.05) is 48.5 Å². The highest BCUT2D eigenvalue weighted by molar-refractivity contribution is 6.08. The molecule has 4 aromatic rings. The van der Waals surface area contributed by atoms with Crippen molar-refractivity contribution in [3.63, 3.8) is 0 Å². The number of methoxy groups -OCH3 is 2. The second kappa shape index (κ2) is 6.14. The van der Waals surface area contributed by atoms with Crippen molar-refractivity contribution < 1.29 is 9.47 Å². The lowest BCUT2D eigenvalue weighted by atomic mass is 9.91. The molecule has 0 fully saturated rings. The molecule has 0 heterocycles. The molecule has 4 rings (SSSR count). The summed E-state index contributed by atoms with van der Waals surface area (Å²) in [5.74, 6) is 1.76. The van der Waals surface area contributed by atoms with Gasteiger partial charge in [0.15, 0.2) is 0 Å². The minimum Gasteiger partial charge on any atom is -0.497 e. The number of fused-ring (bicyclic) bond motifs is 2. The number of rotatable bonds is 3. The number of ether oxygens (including phenoxy) is 2. The second-order valence-electron chi connectivity index (χ2n) is 6.22. The van der Waals surface area contributed by atoms with Crippen molar-refractivity contribution >= 4 is 21.5 Å². The second-order valence-corrected chi connectivity index (χ2v) is 6.22. The Morgan fingerprint density at radius 2 is 1.32 bits per heavy atom. The lowest BCUT2D eigenvalue weighted by Gasteiger charge is -2.18. The van der Waals surface area contributed by atoms with Gasteiger partial charge in [-0.25, -0.2) is 0 Å². The van der Waals surface area contributed by atoms with Crippen LogP contribution in [0.15, 0.2) is 66.7 Å². The fourth-order valence-corrected chi connectivity index (χ4v) is 3.61. The first-order valence-corrected chi connectivity index (χ1v) is 8.36. The molecule has 0 aliphatic carbocycles. The predicted octanol–water partition coefficient (Wildman–Crippen LogP) is 5.99. The summed E-state index contributed by atoms with van der Waals surface area (Å²) in [7, 11) is 3.45. The van der Waals surface area contributed by atoms with Crippen LogP contribution < -0.4 is 9.47 Å². The van der Waals surface area contributed by atoms with Crippen LogP contribution in [0.1, 0.15) is 5.56 Å². The summed E-state index contributed by atoms with van der Waals surface area (Å²) in [6, 6.07) is 23.2. The van der Waals surface area contributed by atoms with Crippen molar-refractivity contribution in [1.29, 1.82) is 0 Å². The Morgan fingerprint density at radius 3 is 2.00 bits per heavy atom. The topological polar surface area (TPSA) is 18.5 Å². The first-order valence-electron chi connectivity index (χ1n) is 8.36. The molecule has 0 aliphatic rings. The molecule has 0 bridgehead atoms. The largest absolute Gasteiger partial charge is 0.497 e. The first-order chi connectivity index (χ1) is 12.2. The molecule has 2 nitrogen and oxygen atoms in total. The Morgan fingerprint density at radius 1 is 0.680 bits per heavy atom. The minimum absolute atomic E-state index is 0.848. The maximum absolute atomic E-state index is 5.82. The van der Waals surface area contributed by atoms with Crippen molar-refractivity contribution in [3.8, 4) is 22.6 Å². The standard InChI is InChI=1S/C23H20O2/c1-15-12-16-8-5-7-11-20(16)22(23(15)25-3)21-14-18(24-2)13-17-9-4-6-10-19(17)21/h4-14H,1-3H3. The molecule has 0 aromatic heterocycles. The smallest absolute Gasteiger partial charge is 0.130 e. The highest BCUT2D eigenvalue weighted by Gasteiger charge is 2.17. The van der Waals surface area contributed by atoms with E-state index in [2.05, 4.69) is 73.7 Å². The van der Waals surface area contributed by atoms with Gasteiger partial charge in [0, 0.05) is 5.56 Å². The van der Waals surface area contributed by atoms with Gasteiger partial charge in [0.05, 0.1) is 14.2 Å². The highest BCUT2D eigenvalue weighted by Crippen LogP contribution is 2.43. The third-order valence-electron chi connectivity index (χ3n) is 4.73. The van der Waals surface area contributed by atoms with Crippen LogP contribution in [-0.2, 0) is 0 Å². The van der Waals surface area contributed by atoms with E-state index >= 15 is 0 Å². The molecule has 2 heteroatoms. The Balaban J connectivity index is 2.20. The summed E-state index contributed by atoms with van der Waals surface area (Å²) in [5, 5.41) is 4.74. The van der Waals surface area contributed by atoms with E-state index in [1.54, 1.807) is 14.2 Å². The summed E-state index contributed by atoms with van der Waals surface area (Å²) >= 11 is 0. The lowest BCUT2D eigenvalue weighted by molar-refractivity contribution is 0.413. The van der Waals surface area contributed by atoms with Crippen LogP contribution in [0.25, 0.3) is 32.7 Å². The van der Waals surface area contributed by atoms with Crippen molar-refractivity contribution in [1.82, 2.24) is 0 Å². The third-order valence-corrected chi connectivity index (χ3v) is 4.73. The molecule has 124 valence electrons. The van der Waals surface area contributed by atoms with Gasteiger partial charge < -0.3 is 9.47 Å². The Bertz CT molecular complexity index is 1080. The molecule has 0 radical (unpaired) electrons. The lowest BCUT2D eigenvalue weighted by Crippen LogP contribution is -1.95. The normalized spacial score (nSPS) is 11.0. The molecule has 0 amide bonds. The zero-order chi connectivity index (χ0) is 17.4. The van der Waals surface area contributed by atoms with E-state index in [0.717, 1.165) is 33.6 Å². The summed E-state index contributed by atoms with van der Waals surface area (Å²) < 4.78 is 11.4. The van der Waals surface area contributed by atoms with E-state index in [4.69, 9.17) is 9.47 Å². The first kappa shape index (κ1) is 15.5. The number of hydrogen-bond acceptors (Lipinski definition) is 2. The Labute approximate surface area is 147 Å². The minimum atomic E-state index is 0.848. The van der Waals surface area contributed by atoms with Gasteiger partial charge in [-0.15, -0.1) is 0 Å². The van der Waals surface area contributed by atoms with Crippen LogP contribution in [0, 0.1) is 6.92 Å². The summed E-state index contributed by atoms with van der Waals surface area (Å²) in [6.45, 7) is 2.09. The highest BCUT2D eigenvalue weighted by atomic mass is 16.5. The molecule has 25 heavy (non-hydrogen) atoms. The average molecular weight is 328 g/mol. The fourth-order valence-electron chi connectivity index (χ4n) is 3.61. The van der Waals surface area contributed by atoms with Crippen LogP contribution in [-0.4, -0.2) is 14.2 Å². The van der Waals surface area contributed by atoms with Crippen LogP contribution in [0.5, 0.6) is 11.5 Å². The summed E-state index contributed by atoms with van der Waals surface area (Å²) in [5.41, 5.74) is 3.38. The molecule has 0 atom stereocenters. The van der Waals surface area contributed by atoms with Crippen LogP contribution in [0.2, 0.25) is 0 Å². The SMILES string of the molecule is COc1cc(-c2c(OC)c(C)cc3ccccc23)c2ccccc2c1. The van der Waals surface area contributed by atoms with Crippen molar-refractivity contribution in [3.05, 3.63) is 72.3 Å². The van der Waals surface area contributed by atoms with Crippen molar-refractivity contribution in [2.75, 3.05) is 14.2 Å². The molecule has 4 aromatic carbocycles. The number of aryl methyl sites for hydroxylation is 1. The van der Waals surface area contributed by atoms with E-state index in [0.29, 0.717) is 0 Å². The van der Waals surface area contributed by atoms with E-state index in [-0.39, 0.29) is 0 Å². The average Bonchev–Trinajstić information content (AvgIpc) is 2.66. The number of hydrogen-bond donors (Lipinski definition) is 0. The molecule has 0 saturated carbocycles. The maximum Gasteiger partial charge on any atom is 0.130 e.